The summed E-state index contributed by atoms with van der Waals surface area (Å²) in [5.41, 5.74) is 7.63. The van der Waals surface area contributed by atoms with Crippen LogP contribution in [0, 0.1) is 5.41 Å². The molecule has 4 heterocycles. The van der Waals surface area contributed by atoms with Crippen molar-refractivity contribution in [2.24, 2.45) is 5.41 Å². The van der Waals surface area contributed by atoms with E-state index in [-0.39, 0.29) is 11.3 Å². The molecule has 0 unspecified atom stereocenters. The highest BCUT2D eigenvalue weighted by atomic mass is 16.2. The number of hydrogen-bond donors (Lipinski definition) is 3. The Morgan fingerprint density at radius 3 is 2.65 bits per heavy atom. The maximum absolute atomic E-state index is 12.3. The highest BCUT2D eigenvalue weighted by Crippen LogP contribution is 2.32. The molecule has 0 bridgehead atoms. The van der Waals surface area contributed by atoms with Gasteiger partial charge in [0.1, 0.15) is 5.65 Å². The van der Waals surface area contributed by atoms with Gasteiger partial charge in [-0.05, 0) is 65.7 Å². The number of rotatable bonds is 4. The lowest BCUT2D eigenvalue weighted by Gasteiger charge is -2.22. The zero-order valence-corrected chi connectivity index (χ0v) is 21.5. The van der Waals surface area contributed by atoms with Crippen molar-refractivity contribution >= 4 is 27.8 Å². The first-order valence-corrected chi connectivity index (χ1v) is 13.1. The first-order valence-electron chi connectivity index (χ1n) is 13.1. The SMILES string of the molecule is CC1(C)CCCN(Cc2ccc(-c3cnc4[nH]cc(-c5ccc6[nH]ccc6c5)c4c3)cc2)CCNC1=O. The Labute approximate surface area is 217 Å². The fourth-order valence-corrected chi connectivity index (χ4v) is 5.38. The van der Waals surface area contributed by atoms with Gasteiger partial charge in [-0.15, -0.1) is 0 Å². The molecule has 6 heteroatoms. The van der Waals surface area contributed by atoms with Crippen LogP contribution < -0.4 is 5.32 Å². The van der Waals surface area contributed by atoms with Gasteiger partial charge in [0, 0.05) is 65.7 Å². The number of fused-ring (bicyclic) bond motifs is 2. The van der Waals surface area contributed by atoms with E-state index >= 15 is 0 Å². The van der Waals surface area contributed by atoms with Crippen LogP contribution >= 0.6 is 0 Å². The smallest absolute Gasteiger partial charge is 0.225 e. The maximum atomic E-state index is 12.3. The van der Waals surface area contributed by atoms with Crippen LogP contribution in [-0.2, 0) is 11.3 Å². The van der Waals surface area contributed by atoms with Crippen LogP contribution in [0.1, 0.15) is 32.3 Å². The van der Waals surface area contributed by atoms with Crippen LogP contribution in [0.3, 0.4) is 0 Å². The van der Waals surface area contributed by atoms with Gasteiger partial charge in [-0.25, -0.2) is 4.98 Å². The minimum absolute atomic E-state index is 0.167. The van der Waals surface area contributed by atoms with E-state index in [1.165, 1.54) is 16.5 Å². The Morgan fingerprint density at radius 2 is 1.78 bits per heavy atom. The predicted molar refractivity (Wildman–Crippen MR) is 150 cm³/mol. The van der Waals surface area contributed by atoms with Crippen molar-refractivity contribution in [2.75, 3.05) is 19.6 Å². The second-order valence-corrected chi connectivity index (χ2v) is 10.8. The van der Waals surface area contributed by atoms with Gasteiger partial charge in [-0.3, -0.25) is 9.69 Å². The third kappa shape index (κ3) is 4.77. The summed E-state index contributed by atoms with van der Waals surface area (Å²) in [5.74, 6) is 0.167. The van der Waals surface area contributed by atoms with E-state index in [0.717, 1.165) is 65.7 Å². The summed E-state index contributed by atoms with van der Waals surface area (Å²) in [6, 6.07) is 19.6. The van der Waals surface area contributed by atoms with E-state index in [9.17, 15) is 4.79 Å². The number of nitrogens with one attached hydrogen (secondary N) is 3. The van der Waals surface area contributed by atoms with Crippen molar-refractivity contribution in [1.29, 1.82) is 0 Å². The monoisotopic (exact) mass is 491 g/mol. The van der Waals surface area contributed by atoms with E-state index in [4.69, 9.17) is 4.98 Å². The Hall–Kier alpha value is -3.90. The number of pyridine rings is 1. The number of aromatic nitrogens is 3. The van der Waals surface area contributed by atoms with E-state index < -0.39 is 0 Å². The van der Waals surface area contributed by atoms with Crippen molar-refractivity contribution in [3.8, 4) is 22.3 Å². The normalized spacial score (nSPS) is 16.9. The van der Waals surface area contributed by atoms with E-state index in [2.05, 4.69) is 74.8 Å². The molecule has 0 atom stereocenters. The number of benzene rings is 2. The van der Waals surface area contributed by atoms with Gasteiger partial charge in [0.25, 0.3) is 0 Å². The molecule has 6 rings (SSSR count). The Balaban J connectivity index is 1.21. The summed E-state index contributed by atoms with van der Waals surface area (Å²) >= 11 is 0. The number of H-pyrrole nitrogens is 2. The van der Waals surface area contributed by atoms with Crippen LogP contribution in [-0.4, -0.2) is 45.4 Å². The molecule has 1 aliphatic rings. The summed E-state index contributed by atoms with van der Waals surface area (Å²) < 4.78 is 0. The largest absolute Gasteiger partial charge is 0.361 e. The first-order chi connectivity index (χ1) is 18.0. The summed E-state index contributed by atoms with van der Waals surface area (Å²) in [6.45, 7) is 7.54. The quantitative estimate of drug-likeness (QED) is 0.284. The molecule has 5 aromatic rings. The van der Waals surface area contributed by atoms with Gasteiger partial charge >= 0.3 is 0 Å². The summed E-state index contributed by atoms with van der Waals surface area (Å²) in [7, 11) is 0. The second kappa shape index (κ2) is 9.52. The van der Waals surface area contributed by atoms with Gasteiger partial charge in [0.05, 0.1) is 0 Å². The zero-order valence-electron chi connectivity index (χ0n) is 21.5. The average molecular weight is 492 g/mol. The number of aromatic amines is 2. The molecule has 6 nitrogen and oxygen atoms in total. The molecule has 3 aromatic heterocycles. The lowest BCUT2D eigenvalue weighted by Crippen LogP contribution is -2.39. The molecule has 37 heavy (non-hydrogen) atoms. The molecule has 188 valence electrons. The summed E-state index contributed by atoms with van der Waals surface area (Å²) in [4.78, 5) is 26.1. The highest BCUT2D eigenvalue weighted by Gasteiger charge is 2.28. The molecule has 1 amide bonds. The topological polar surface area (TPSA) is 76.8 Å². The number of nitrogens with zero attached hydrogens (tertiary/aromatic N) is 2. The number of amides is 1. The van der Waals surface area contributed by atoms with E-state index in [1.54, 1.807) is 0 Å². The molecule has 0 aliphatic carbocycles. The number of carbonyl (C=O) groups excluding carboxylic acids is 1. The van der Waals surface area contributed by atoms with Gasteiger partial charge in [0.2, 0.25) is 5.91 Å². The van der Waals surface area contributed by atoms with Crippen LogP contribution in [0.15, 0.2) is 73.2 Å². The first kappa shape index (κ1) is 23.5. The minimum atomic E-state index is -0.291. The predicted octanol–water partition coefficient (Wildman–Crippen LogP) is 6.12. The van der Waals surface area contributed by atoms with Crippen molar-refractivity contribution < 1.29 is 4.79 Å². The lowest BCUT2D eigenvalue weighted by atomic mass is 9.87. The number of carbonyl (C=O) groups is 1. The van der Waals surface area contributed by atoms with Gasteiger partial charge in [-0.2, -0.15) is 0 Å². The highest BCUT2D eigenvalue weighted by molar-refractivity contribution is 5.98. The summed E-state index contributed by atoms with van der Waals surface area (Å²) in [5, 5.41) is 5.43. The van der Waals surface area contributed by atoms with Crippen molar-refractivity contribution in [1.82, 2.24) is 25.2 Å². The van der Waals surface area contributed by atoms with Crippen molar-refractivity contribution in [3.05, 3.63) is 78.8 Å². The lowest BCUT2D eigenvalue weighted by molar-refractivity contribution is -0.129. The molecular formula is C31H33N5O. The number of hydrogen-bond acceptors (Lipinski definition) is 3. The third-order valence-corrected chi connectivity index (χ3v) is 7.69. The molecule has 0 saturated carbocycles. The summed E-state index contributed by atoms with van der Waals surface area (Å²) in [6.07, 6.45) is 7.90. The zero-order chi connectivity index (χ0) is 25.4. The second-order valence-electron chi connectivity index (χ2n) is 10.8. The van der Waals surface area contributed by atoms with Crippen LogP contribution in [0.4, 0.5) is 0 Å². The molecule has 3 N–H and O–H groups in total. The van der Waals surface area contributed by atoms with Crippen LogP contribution in [0.2, 0.25) is 0 Å². The van der Waals surface area contributed by atoms with Crippen LogP contribution in [0.25, 0.3) is 44.2 Å². The van der Waals surface area contributed by atoms with Gasteiger partial charge in [-0.1, -0.05) is 44.2 Å². The fraction of sp³-hybridized carbons (Fsp3) is 0.290. The Morgan fingerprint density at radius 1 is 0.946 bits per heavy atom. The average Bonchev–Trinajstić information content (AvgIpc) is 3.55. The third-order valence-electron chi connectivity index (χ3n) is 7.69. The van der Waals surface area contributed by atoms with E-state index in [1.807, 2.05) is 32.4 Å². The Bertz CT molecular complexity index is 1560. The van der Waals surface area contributed by atoms with Crippen LogP contribution in [0.5, 0.6) is 0 Å². The van der Waals surface area contributed by atoms with E-state index in [0.29, 0.717) is 6.54 Å². The van der Waals surface area contributed by atoms with Crippen molar-refractivity contribution in [2.45, 2.75) is 33.2 Å². The van der Waals surface area contributed by atoms with Gasteiger partial charge < -0.3 is 15.3 Å². The maximum Gasteiger partial charge on any atom is 0.225 e. The molecular weight excluding hydrogens is 458 g/mol. The molecule has 1 saturated heterocycles. The minimum Gasteiger partial charge on any atom is -0.361 e. The molecule has 0 radical (unpaired) electrons. The molecule has 1 aliphatic heterocycles. The standard InChI is InChI=1S/C31H33N5O/c1-31(2)11-3-14-36(15-13-33-30(31)37)20-21-4-6-22(7-5-21)25-17-26-27(19-35-29(26)34-18-25)23-8-9-28-24(16-23)10-12-32-28/h4-10,12,16-19,32H,3,11,13-15,20H2,1-2H3,(H,33,37)(H,34,35). The Kier molecular flexibility index (Phi) is 6.05. The van der Waals surface area contributed by atoms with Gasteiger partial charge in [0.15, 0.2) is 0 Å². The molecule has 1 fully saturated rings. The molecule has 2 aromatic carbocycles. The fourth-order valence-electron chi connectivity index (χ4n) is 5.38. The van der Waals surface area contributed by atoms with Crippen molar-refractivity contribution in [3.63, 3.8) is 0 Å². The molecule has 0 spiro atoms.